The molecule has 1 saturated carbocycles. The van der Waals surface area contributed by atoms with Crippen molar-refractivity contribution in [3.63, 3.8) is 0 Å². The number of hydrogen-bond acceptors (Lipinski definition) is 6. The molecular formula is C23H34N4O4. The molecule has 2 fully saturated rings. The van der Waals surface area contributed by atoms with Crippen LogP contribution in [0.1, 0.15) is 44.3 Å². The first-order valence-electron chi connectivity index (χ1n) is 11.3. The fourth-order valence-electron chi connectivity index (χ4n) is 4.43. The Morgan fingerprint density at radius 1 is 1.35 bits per heavy atom. The summed E-state index contributed by atoms with van der Waals surface area (Å²) in [6, 6.07) is 6.17. The van der Waals surface area contributed by atoms with Crippen LogP contribution in [0, 0.1) is 0 Å². The van der Waals surface area contributed by atoms with Crippen molar-refractivity contribution in [2.75, 3.05) is 40.5 Å². The van der Waals surface area contributed by atoms with Crippen LogP contribution in [0.4, 0.5) is 0 Å². The van der Waals surface area contributed by atoms with Crippen LogP contribution in [0.25, 0.3) is 10.9 Å². The summed E-state index contributed by atoms with van der Waals surface area (Å²) in [6.07, 6.45) is 3.58. The van der Waals surface area contributed by atoms with Crippen molar-refractivity contribution < 1.29 is 19.0 Å². The van der Waals surface area contributed by atoms with E-state index in [-0.39, 0.29) is 18.0 Å². The Bertz CT molecular complexity index is 889. The second-order valence-corrected chi connectivity index (χ2v) is 8.38. The zero-order valence-corrected chi connectivity index (χ0v) is 18.8. The average molecular weight is 431 g/mol. The first-order valence-corrected chi connectivity index (χ1v) is 11.3. The lowest BCUT2D eigenvalue weighted by atomic mass is 10.1. The van der Waals surface area contributed by atoms with E-state index in [1.54, 1.807) is 14.2 Å². The van der Waals surface area contributed by atoms with Crippen LogP contribution in [-0.4, -0.2) is 73.3 Å². The molecular weight excluding hydrogens is 396 g/mol. The fraction of sp³-hybridized carbons (Fsp3) is 0.652. The first kappa shape index (κ1) is 22.0. The quantitative estimate of drug-likeness (QED) is 0.584. The SMILES string of the molecule is COCCCCn1nc([C@@H](C)N(C(=O)[C@H]2CNCCO2)C2CC2)c2cccc(OC)c21. The van der Waals surface area contributed by atoms with Gasteiger partial charge in [-0.15, -0.1) is 0 Å². The van der Waals surface area contributed by atoms with Gasteiger partial charge < -0.3 is 24.4 Å². The number of morpholine rings is 1. The number of nitrogens with zero attached hydrogens (tertiary/aromatic N) is 3. The summed E-state index contributed by atoms with van der Waals surface area (Å²) in [4.78, 5) is 15.4. The third-order valence-corrected chi connectivity index (χ3v) is 6.16. The molecule has 0 unspecified atom stereocenters. The molecule has 1 amide bonds. The number of hydrogen-bond donors (Lipinski definition) is 1. The van der Waals surface area contributed by atoms with Crippen LogP contribution in [0.2, 0.25) is 0 Å². The Labute approximate surface area is 183 Å². The van der Waals surface area contributed by atoms with Crippen LogP contribution >= 0.6 is 0 Å². The molecule has 1 aromatic heterocycles. The number of rotatable bonds is 10. The lowest BCUT2D eigenvalue weighted by Gasteiger charge is -2.33. The fourth-order valence-corrected chi connectivity index (χ4v) is 4.43. The van der Waals surface area contributed by atoms with Gasteiger partial charge in [0.15, 0.2) is 0 Å². The van der Waals surface area contributed by atoms with Crippen molar-refractivity contribution in [1.29, 1.82) is 0 Å². The van der Waals surface area contributed by atoms with Gasteiger partial charge in [-0.2, -0.15) is 5.10 Å². The summed E-state index contributed by atoms with van der Waals surface area (Å²) in [5.41, 5.74) is 1.91. The highest BCUT2D eigenvalue weighted by molar-refractivity contribution is 5.89. The molecule has 2 aromatic rings. The summed E-state index contributed by atoms with van der Waals surface area (Å²) in [7, 11) is 3.41. The molecule has 2 atom stereocenters. The number of carbonyl (C=O) groups is 1. The van der Waals surface area contributed by atoms with Gasteiger partial charge in [0, 0.05) is 44.8 Å². The third kappa shape index (κ3) is 4.71. The van der Waals surface area contributed by atoms with E-state index in [9.17, 15) is 4.79 Å². The van der Waals surface area contributed by atoms with Gasteiger partial charge >= 0.3 is 0 Å². The van der Waals surface area contributed by atoms with E-state index >= 15 is 0 Å². The number of ether oxygens (including phenoxy) is 3. The molecule has 1 aliphatic carbocycles. The number of fused-ring (bicyclic) bond motifs is 1. The number of aromatic nitrogens is 2. The standard InChI is InChI=1S/C23H34N4O4/c1-16(27(17-9-10-17)23(28)20-15-24-11-14-31-20)21-18-7-6-8-19(30-3)22(18)26(25-21)12-4-5-13-29-2/h6-8,16-17,20,24H,4-5,9-15H2,1-3H3/t16-,20-/m1/s1. The maximum absolute atomic E-state index is 13.4. The van der Waals surface area contributed by atoms with E-state index in [0.29, 0.717) is 13.2 Å². The Balaban J connectivity index is 1.65. The van der Waals surface area contributed by atoms with E-state index in [4.69, 9.17) is 19.3 Å². The highest BCUT2D eigenvalue weighted by atomic mass is 16.5. The highest BCUT2D eigenvalue weighted by Gasteiger charge is 2.41. The van der Waals surface area contributed by atoms with Gasteiger partial charge in [0.05, 0.1) is 25.5 Å². The summed E-state index contributed by atoms with van der Waals surface area (Å²) in [6.45, 7) is 5.53. The maximum atomic E-state index is 13.4. The zero-order valence-electron chi connectivity index (χ0n) is 18.8. The van der Waals surface area contributed by atoms with Crippen molar-refractivity contribution in [2.24, 2.45) is 0 Å². The molecule has 2 heterocycles. The second-order valence-electron chi connectivity index (χ2n) is 8.38. The lowest BCUT2D eigenvalue weighted by Crippen LogP contribution is -2.50. The predicted molar refractivity (Wildman–Crippen MR) is 118 cm³/mol. The third-order valence-electron chi connectivity index (χ3n) is 6.16. The van der Waals surface area contributed by atoms with Gasteiger partial charge in [-0.3, -0.25) is 9.48 Å². The molecule has 0 radical (unpaired) electrons. The molecule has 0 spiro atoms. The topological polar surface area (TPSA) is 77.9 Å². The van der Waals surface area contributed by atoms with Crippen LogP contribution in [0.5, 0.6) is 5.75 Å². The number of para-hydroxylation sites is 1. The number of aryl methyl sites for hydroxylation is 1. The number of unbranched alkanes of at least 4 members (excludes halogenated alkanes) is 1. The Morgan fingerprint density at radius 2 is 2.19 bits per heavy atom. The highest BCUT2D eigenvalue weighted by Crippen LogP contribution is 2.38. The van der Waals surface area contributed by atoms with Crippen LogP contribution in [-0.2, 0) is 20.8 Å². The summed E-state index contributed by atoms with van der Waals surface area (Å²) in [5.74, 6) is 0.868. The molecule has 31 heavy (non-hydrogen) atoms. The number of amides is 1. The minimum absolute atomic E-state index is 0.0629. The Morgan fingerprint density at radius 3 is 2.87 bits per heavy atom. The van der Waals surface area contributed by atoms with E-state index in [1.165, 1.54) is 0 Å². The monoisotopic (exact) mass is 430 g/mol. The molecule has 1 N–H and O–H groups in total. The second kappa shape index (κ2) is 9.97. The van der Waals surface area contributed by atoms with Crippen LogP contribution in [0.3, 0.4) is 0 Å². The van der Waals surface area contributed by atoms with Gasteiger partial charge in [0.1, 0.15) is 17.4 Å². The van der Waals surface area contributed by atoms with Gasteiger partial charge in [0.2, 0.25) is 0 Å². The molecule has 8 heteroatoms. The summed E-state index contributed by atoms with van der Waals surface area (Å²) >= 11 is 0. The molecule has 170 valence electrons. The molecule has 2 aliphatic rings. The Kier molecular flexibility index (Phi) is 7.09. The van der Waals surface area contributed by atoms with Crippen molar-refractivity contribution >= 4 is 16.8 Å². The van der Waals surface area contributed by atoms with Gasteiger partial charge in [0.25, 0.3) is 5.91 Å². The number of carbonyl (C=O) groups excluding carboxylic acids is 1. The zero-order chi connectivity index (χ0) is 21.8. The van der Waals surface area contributed by atoms with Crippen LogP contribution < -0.4 is 10.1 Å². The maximum Gasteiger partial charge on any atom is 0.253 e. The predicted octanol–water partition coefficient (Wildman–Crippen LogP) is 2.51. The average Bonchev–Trinajstić information content (AvgIpc) is 3.57. The molecule has 8 nitrogen and oxygen atoms in total. The molecule has 1 saturated heterocycles. The lowest BCUT2D eigenvalue weighted by molar-refractivity contribution is -0.148. The van der Waals surface area contributed by atoms with Gasteiger partial charge in [-0.05, 0) is 38.7 Å². The largest absolute Gasteiger partial charge is 0.494 e. The van der Waals surface area contributed by atoms with E-state index in [0.717, 1.165) is 67.7 Å². The first-order chi connectivity index (χ1) is 15.2. The van der Waals surface area contributed by atoms with Gasteiger partial charge in [-0.25, -0.2) is 0 Å². The number of benzene rings is 1. The van der Waals surface area contributed by atoms with Crippen molar-refractivity contribution in [3.8, 4) is 5.75 Å². The smallest absolute Gasteiger partial charge is 0.253 e. The van der Waals surface area contributed by atoms with E-state index in [2.05, 4.69) is 18.3 Å². The Hall–Kier alpha value is -2.16. The van der Waals surface area contributed by atoms with E-state index in [1.807, 2.05) is 21.7 Å². The molecule has 1 aromatic carbocycles. The minimum Gasteiger partial charge on any atom is -0.494 e. The van der Waals surface area contributed by atoms with E-state index < -0.39 is 6.10 Å². The molecule has 1 aliphatic heterocycles. The molecule has 0 bridgehead atoms. The summed E-state index contributed by atoms with van der Waals surface area (Å²) < 4.78 is 18.7. The molecule has 4 rings (SSSR count). The minimum atomic E-state index is -0.422. The van der Waals surface area contributed by atoms with Crippen molar-refractivity contribution in [3.05, 3.63) is 23.9 Å². The van der Waals surface area contributed by atoms with Crippen molar-refractivity contribution in [2.45, 2.75) is 57.3 Å². The normalized spacial score (nSPS) is 20.0. The van der Waals surface area contributed by atoms with Gasteiger partial charge in [-0.1, -0.05) is 12.1 Å². The number of nitrogens with one attached hydrogen (secondary N) is 1. The van der Waals surface area contributed by atoms with Crippen LogP contribution in [0.15, 0.2) is 18.2 Å². The number of methoxy groups -OCH3 is 2. The summed E-state index contributed by atoms with van der Waals surface area (Å²) in [5, 5.41) is 9.31. The van der Waals surface area contributed by atoms with Crippen molar-refractivity contribution in [1.82, 2.24) is 20.0 Å².